The molecule has 148 valence electrons. The zero-order valence-corrected chi connectivity index (χ0v) is 17.5. The van der Waals surface area contributed by atoms with Crippen LogP contribution in [-0.4, -0.2) is 56.3 Å². The molecule has 0 saturated carbocycles. The second-order valence-electron chi connectivity index (χ2n) is 7.99. The normalized spacial score (nSPS) is 24.8. The number of aromatic nitrogens is 2. The molecule has 2 aliphatic rings. The monoisotopic (exact) mass is 398 g/mol. The molecule has 0 N–H and O–H groups in total. The van der Waals surface area contributed by atoms with Gasteiger partial charge in [0.25, 0.3) is 5.91 Å². The minimum atomic E-state index is -0.313. The molecule has 2 aromatic heterocycles. The zero-order valence-electron chi connectivity index (χ0n) is 16.6. The van der Waals surface area contributed by atoms with Crippen molar-refractivity contribution in [2.45, 2.75) is 58.0 Å². The molecule has 7 heteroatoms. The van der Waals surface area contributed by atoms with Crippen LogP contribution in [0.3, 0.4) is 0 Å². The van der Waals surface area contributed by atoms with Crippen molar-refractivity contribution in [3.05, 3.63) is 35.1 Å². The van der Waals surface area contributed by atoms with Gasteiger partial charge < -0.3 is 9.80 Å². The van der Waals surface area contributed by atoms with Crippen LogP contribution in [0.5, 0.6) is 0 Å². The van der Waals surface area contributed by atoms with Crippen molar-refractivity contribution in [1.29, 1.82) is 0 Å². The minimum absolute atomic E-state index is 0.0117. The van der Waals surface area contributed by atoms with E-state index in [1.807, 2.05) is 34.4 Å². The number of likely N-dealkylation sites (tertiary alicyclic amines) is 2. The van der Waals surface area contributed by atoms with E-state index in [2.05, 4.69) is 16.9 Å². The van der Waals surface area contributed by atoms with Gasteiger partial charge in [0, 0.05) is 26.2 Å². The third-order valence-corrected chi connectivity index (χ3v) is 7.24. The first-order chi connectivity index (χ1) is 13.4. The maximum absolute atomic E-state index is 13.4. The Morgan fingerprint density at radius 1 is 1.21 bits per heavy atom. The number of carbonyl (C=O) groups excluding carboxylic acids is 2. The summed E-state index contributed by atoms with van der Waals surface area (Å²) in [5, 5.41) is 0. The third-order valence-electron chi connectivity index (χ3n) is 6.29. The Bertz CT molecular complexity index is 894. The fourth-order valence-electron chi connectivity index (χ4n) is 4.81. The third kappa shape index (κ3) is 3.11. The lowest BCUT2D eigenvalue weighted by Crippen LogP contribution is -2.68. The van der Waals surface area contributed by atoms with Gasteiger partial charge in [-0.15, -0.1) is 11.3 Å². The molecule has 0 aliphatic carbocycles. The molecule has 2 saturated heterocycles. The summed E-state index contributed by atoms with van der Waals surface area (Å²) in [6.45, 7) is 7.27. The van der Waals surface area contributed by atoms with Crippen LogP contribution >= 0.6 is 11.3 Å². The van der Waals surface area contributed by atoms with E-state index < -0.39 is 0 Å². The summed E-state index contributed by atoms with van der Waals surface area (Å²) >= 11 is 1.56. The molecule has 0 aromatic carbocycles. The Balaban J connectivity index is 1.60. The second-order valence-corrected chi connectivity index (χ2v) is 8.84. The van der Waals surface area contributed by atoms with Crippen LogP contribution in [0.15, 0.2) is 23.8 Å². The zero-order chi connectivity index (χ0) is 19.9. The molecule has 4 heterocycles. The number of carbonyl (C=O) groups is 2. The van der Waals surface area contributed by atoms with Gasteiger partial charge in [-0.05, 0) is 51.7 Å². The van der Waals surface area contributed by atoms with Crippen molar-refractivity contribution in [2.75, 3.05) is 13.1 Å². The first-order valence-electron chi connectivity index (χ1n) is 9.87. The number of aryl methyl sites for hydroxylation is 1. The van der Waals surface area contributed by atoms with Crippen molar-refractivity contribution < 1.29 is 9.59 Å². The molecule has 2 aromatic rings. The molecule has 0 radical (unpaired) electrons. The van der Waals surface area contributed by atoms with E-state index >= 15 is 0 Å². The molecule has 6 nitrogen and oxygen atoms in total. The Hall–Kier alpha value is -2.28. The standard InChI is InChI=1S/C21H26N4O2S/c1-14-19(28-13-23-14)17-8-7-16(12-22-17)20(27)25-11-4-6-18-21(25,3)9-5-10-24(18)15(2)26/h7-8,12-13,18H,4-6,9-11H2,1-3H3/t18-,21-/m0/s1. The van der Waals surface area contributed by atoms with E-state index in [0.717, 1.165) is 55.0 Å². The maximum Gasteiger partial charge on any atom is 0.255 e. The number of nitrogens with zero attached hydrogens (tertiary/aromatic N) is 4. The van der Waals surface area contributed by atoms with Gasteiger partial charge in [0.05, 0.1) is 38.9 Å². The summed E-state index contributed by atoms with van der Waals surface area (Å²) in [5.41, 5.74) is 3.90. The number of pyridine rings is 1. The Morgan fingerprint density at radius 2 is 2.04 bits per heavy atom. The smallest absolute Gasteiger partial charge is 0.255 e. The number of rotatable bonds is 2. The lowest BCUT2D eigenvalue weighted by atomic mass is 9.75. The van der Waals surface area contributed by atoms with Gasteiger partial charge in [-0.1, -0.05) is 0 Å². The highest BCUT2D eigenvalue weighted by atomic mass is 32.1. The summed E-state index contributed by atoms with van der Waals surface area (Å²) in [7, 11) is 0. The molecule has 2 fully saturated rings. The molecule has 0 unspecified atom stereocenters. The summed E-state index contributed by atoms with van der Waals surface area (Å²) in [4.78, 5) is 39.3. The van der Waals surface area contributed by atoms with Crippen molar-refractivity contribution in [2.24, 2.45) is 0 Å². The van der Waals surface area contributed by atoms with Crippen molar-refractivity contribution in [3.8, 4) is 10.6 Å². The van der Waals surface area contributed by atoms with Crippen LogP contribution in [0, 0.1) is 6.92 Å². The van der Waals surface area contributed by atoms with E-state index in [4.69, 9.17) is 0 Å². The van der Waals surface area contributed by atoms with E-state index in [9.17, 15) is 9.59 Å². The van der Waals surface area contributed by atoms with Crippen molar-refractivity contribution in [3.63, 3.8) is 0 Å². The average Bonchev–Trinajstić information content (AvgIpc) is 3.12. The first kappa shape index (κ1) is 19.1. The Labute approximate surface area is 169 Å². The quantitative estimate of drug-likeness (QED) is 0.776. The SMILES string of the molecule is CC(=O)N1CCC[C@@]2(C)[C@@H]1CCCN2C(=O)c1ccc(-c2scnc2C)nc1. The number of hydrogen-bond donors (Lipinski definition) is 0. The van der Waals surface area contributed by atoms with Crippen LogP contribution in [0.1, 0.15) is 55.6 Å². The highest BCUT2D eigenvalue weighted by Gasteiger charge is 2.49. The van der Waals surface area contributed by atoms with Crippen LogP contribution in [0.4, 0.5) is 0 Å². The van der Waals surface area contributed by atoms with Gasteiger partial charge in [0.1, 0.15) is 0 Å². The summed E-state index contributed by atoms with van der Waals surface area (Å²) < 4.78 is 0. The lowest BCUT2D eigenvalue weighted by Gasteiger charge is -2.56. The number of hydrogen-bond acceptors (Lipinski definition) is 5. The summed E-state index contributed by atoms with van der Waals surface area (Å²) in [6, 6.07) is 3.87. The molecule has 2 aliphatic heterocycles. The molecule has 4 rings (SSSR count). The molecular formula is C21H26N4O2S. The van der Waals surface area contributed by atoms with Crippen molar-refractivity contribution in [1.82, 2.24) is 19.8 Å². The molecule has 0 spiro atoms. The molecule has 0 bridgehead atoms. The fraction of sp³-hybridized carbons (Fsp3) is 0.524. The predicted octanol–water partition coefficient (Wildman–Crippen LogP) is 3.52. The van der Waals surface area contributed by atoms with Crippen LogP contribution < -0.4 is 0 Å². The van der Waals surface area contributed by atoms with Gasteiger partial charge in [0.2, 0.25) is 5.91 Å². The van der Waals surface area contributed by atoms with E-state index in [1.165, 1.54) is 0 Å². The van der Waals surface area contributed by atoms with E-state index in [0.29, 0.717) is 5.56 Å². The van der Waals surface area contributed by atoms with Gasteiger partial charge >= 0.3 is 0 Å². The fourth-order valence-corrected chi connectivity index (χ4v) is 5.59. The van der Waals surface area contributed by atoms with Gasteiger partial charge in [0.15, 0.2) is 0 Å². The molecule has 2 amide bonds. The topological polar surface area (TPSA) is 66.4 Å². The number of piperidine rings is 2. The molecular weight excluding hydrogens is 372 g/mol. The minimum Gasteiger partial charge on any atom is -0.338 e. The summed E-state index contributed by atoms with van der Waals surface area (Å²) in [5.74, 6) is 0.119. The predicted molar refractivity (Wildman–Crippen MR) is 109 cm³/mol. The molecule has 28 heavy (non-hydrogen) atoms. The van der Waals surface area contributed by atoms with Gasteiger partial charge in [-0.3, -0.25) is 14.6 Å². The van der Waals surface area contributed by atoms with E-state index in [-0.39, 0.29) is 23.4 Å². The maximum atomic E-state index is 13.4. The van der Waals surface area contributed by atoms with E-state index in [1.54, 1.807) is 24.5 Å². The van der Waals surface area contributed by atoms with Gasteiger partial charge in [-0.2, -0.15) is 0 Å². The molecule has 2 atom stereocenters. The van der Waals surface area contributed by atoms with Crippen molar-refractivity contribution >= 4 is 23.2 Å². The number of amides is 2. The van der Waals surface area contributed by atoms with Crippen LogP contribution in [0.25, 0.3) is 10.6 Å². The lowest BCUT2D eigenvalue weighted by molar-refractivity contribution is -0.140. The number of thiazole rings is 1. The van der Waals surface area contributed by atoms with Gasteiger partial charge in [-0.25, -0.2) is 4.98 Å². The number of fused-ring (bicyclic) bond motifs is 1. The van der Waals surface area contributed by atoms with Crippen LogP contribution in [-0.2, 0) is 4.79 Å². The Kier molecular flexibility index (Phi) is 4.95. The second kappa shape index (κ2) is 7.28. The largest absolute Gasteiger partial charge is 0.338 e. The van der Waals surface area contributed by atoms with Crippen LogP contribution in [0.2, 0.25) is 0 Å². The average molecular weight is 399 g/mol. The first-order valence-corrected chi connectivity index (χ1v) is 10.8. The summed E-state index contributed by atoms with van der Waals surface area (Å²) in [6.07, 6.45) is 5.41. The Morgan fingerprint density at radius 3 is 2.68 bits per heavy atom. The highest BCUT2D eigenvalue weighted by molar-refractivity contribution is 7.13. The highest BCUT2D eigenvalue weighted by Crippen LogP contribution is 2.40.